The summed E-state index contributed by atoms with van der Waals surface area (Å²) in [5.74, 6) is 0. The van der Waals surface area contributed by atoms with Crippen LogP contribution in [0.1, 0.15) is 18.2 Å². The number of fused-ring (bicyclic) bond motifs is 1. The lowest BCUT2D eigenvalue weighted by atomic mass is 10.2. The van der Waals surface area contributed by atoms with Gasteiger partial charge in [0.2, 0.25) is 0 Å². The van der Waals surface area contributed by atoms with Gasteiger partial charge in [0.05, 0.1) is 12.3 Å². The third-order valence-electron chi connectivity index (χ3n) is 2.47. The molecule has 0 aliphatic rings. The second-order valence-electron chi connectivity index (χ2n) is 3.67. The maximum Gasteiger partial charge on any atom is 0.138 e. The number of rotatable bonds is 4. The van der Waals surface area contributed by atoms with Crippen molar-refractivity contribution in [3.8, 4) is 0 Å². The summed E-state index contributed by atoms with van der Waals surface area (Å²) in [4.78, 5) is 7.65. The number of nitrogens with one attached hydrogen (secondary N) is 1. The molecule has 0 radical (unpaired) electrons. The molecule has 1 N–H and O–H groups in total. The van der Waals surface area contributed by atoms with Gasteiger partial charge in [-0.1, -0.05) is 6.08 Å². The van der Waals surface area contributed by atoms with Crippen molar-refractivity contribution in [3.63, 3.8) is 0 Å². The molecule has 2 aromatic heterocycles. The molecule has 3 heteroatoms. The quantitative estimate of drug-likeness (QED) is 0.798. The van der Waals surface area contributed by atoms with Gasteiger partial charge in [-0.25, -0.2) is 4.98 Å². The van der Waals surface area contributed by atoms with Crippen LogP contribution in [0, 0.1) is 6.92 Å². The number of aryl methyl sites for hydroxylation is 1. The molecule has 16 heavy (non-hydrogen) atoms. The van der Waals surface area contributed by atoms with Crippen LogP contribution in [-0.4, -0.2) is 23.2 Å². The molecule has 0 atom stereocenters. The minimum absolute atomic E-state index is 0.639. The molecule has 0 bridgehead atoms. The van der Waals surface area contributed by atoms with Crippen LogP contribution in [0.2, 0.25) is 0 Å². The van der Waals surface area contributed by atoms with Gasteiger partial charge in [-0.05, 0) is 37.6 Å². The van der Waals surface area contributed by atoms with E-state index in [9.17, 15) is 0 Å². The predicted molar refractivity (Wildman–Crippen MR) is 66.4 cm³/mol. The first kappa shape index (κ1) is 10.9. The Morgan fingerprint density at radius 2 is 2.31 bits per heavy atom. The van der Waals surface area contributed by atoms with E-state index in [2.05, 4.69) is 23.0 Å². The standard InChI is InChI=1S/C13H16N2O/c1-3-16-8-4-5-11-6-7-12-10(2)9-14-13(12)15-11/h4-7,9H,3,8H2,1-2H3,(H,14,15)/b5-4+. The maximum atomic E-state index is 5.22. The Kier molecular flexibility index (Phi) is 3.37. The molecule has 0 amide bonds. The van der Waals surface area contributed by atoms with Gasteiger partial charge in [-0.2, -0.15) is 0 Å². The molecule has 3 nitrogen and oxygen atoms in total. The molecule has 0 spiro atoms. The summed E-state index contributed by atoms with van der Waals surface area (Å²) in [6.07, 6.45) is 5.93. The Bertz CT molecular complexity index is 500. The van der Waals surface area contributed by atoms with Gasteiger partial charge >= 0.3 is 0 Å². The third-order valence-corrected chi connectivity index (χ3v) is 2.47. The number of aromatic nitrogens is 2. The largest absolute Gasteiger partial charge is 0.378 e. The highest BCUT2D eigenvalue weighted by Crippen LogP contribution is 2.16. The highest BCUT2D eigenvalue weighted by molar-refractivity contribution is 5.80. The maximum absolute atomic E-state index is 5.22. The van der Waals surface area contributed by atoms with E-state index in [1.165, 1.54) is 10.9 Å². The van der Waals surface area contributed by atoms with Crippen molar-refractivity contribution < 1.29 is 4.74 Å². The summed E-state index contributed by atoms with van der Waals surface area (Å²) in [5, 5.41) is 1.18. The number of hydrogen-bond acceptors (Lipinski definition) is 2. The van der Waals surface area contributed by atoms with E-state index in [1.807, 2.05) is 31.3 Å². The Hall–Kier alpha value is -1.61. The lowest BCUT2D eigenvalue weighted by Gasteiger charge is -1.95. The molecule has 2 rings (SSSR count). The van der Waals surface area contributed by atoms with Crippen LogP contribution in [0.4, 0.5) is 0 Å². The lowest BCUT2D eigenvalue weighted by Crippen LogP contribution is -1.88. The number of aromatic amines is 1. The molecule has 2 heterocycles. The van der Waals surface area contributed by atoms with E-state index < -0.39 is 0 Å². The Labute approximate surface area is 95.2 Å². The van der Waals surface area contributed by atoms with Crippen molar-refractivity contribution in [1.29, 1.82) is 0 Å². The van der Waals surface area contributed by atoms with Gasteiger partial charge in [-0.3, -0.25) is 0 Å². The fourth-order valence-electron chi connectivity index (χ4n) is 1.60. The van der Waals surface area contributed by atoms with Crippen LogP contribution in [0.15, 0.2) is 24.4 Å². The zero-order valence-corrected chi connectivity index (χ0v) is 9.66. The number of H-pyrrole nitrogens is 1. The van der Waals surface area contributed by atoms with Crippen molar-refractivity contribution in [2.24, 2.45) is 0 Å². The van der Waals surface area contributed by atoms with Crippen LogP contribution in [0.25, 0.3) is 17.1 Å². The normalized spacial score (nSPS) is 11.6. The summed E-state index contributed by atoms with van der Waals surface area (Å²) in [5.41, 5.74) is 3.12. The SMILES string of the molecule is CCOC/C=C/c1ccc2c(C)c[nH]c2n1. The smallest absolute Gasteiger partial charge is 0.138 e. The zero-order valence-electron chi connectivity index (χ0n) is 9.66. The van der Waals surface area contributed by atoms with Crippen molar-refractivity contribution >= 4 is 17.1 Å². The molecular weight excluding hydrogens is 200 g/mol. The van der Waals surface area contributed by atoms with Crippen molar-refractivity contribution in [2.75, 3.05) is 13.2 Å². The Morgan fingerprint density at radius 3 is 3.12 bits per heavy atom. The first-order valence-corrected chi connectivity index (χ1v) is 5.50. The first-order valence-electron chi connectivity index (χ1n) is 5.50. The van der Waals surface area contributed by atoms with Crippen molar-refractivity contribution in [1.82, 2.24) is 9.97 Å². The van der Waals surface area contributed by atoms with Crippen LogP contribution in [0.5, 0.6) is 0 Å². The van der Waals surface area contributed by atoms with Gasteiger partial charge in [0.25, 0.3) is 0 Å². The zero-order chi connectivity index (χ0) is 11.4. The Balaban J connectivity index is 2.16. The minimum atomic E-state index is 0.639. The van der Waals surface area contributed by atoms with E-state index >= 15 is 0 Å². The fourth-order valence-corrected chi connectivity index (χ4v) is 1.60. The van der Waals surface area contributed by atoms with Gasteiger partial charge < -0.3 is 9.72 Å². The number of pyridine rings is 1. The van der Waals surface area contributed by atoms with Crippen molar-refractivity contribution in [2.45, 2.75) is 13.8 Å². The number of hydrogen-bond donors (Lipinski definition) is 1. The fraction of sp³-hybridized carbons (Fsp3) is 0.308. The van der Waals surface area contributed by atoms with Crippen LogP contribution < -0.4 is 0 Å². The van der Waals surface area contributed by atoms with E-state index in [-0.39, 0.29) is 0 Å². The third kappa shape index (κ3) is 2.31. The summed E-state index contributed by atoms with van der Waals surface area (Å²) in [7, 11) is 0. The summed E-state index contributed by atoms with van der Waals surface area (Å²) in [6, 6.07) is 4.11. The molecule has 0 saturated carbocycles. The van der Waals surface area contributed by atoms with E-state index in [0.717, 1.165) is 17.9 Å². The summed E-state index contributed by atoms with van der Waals surface area (Å²) >= 11 is 0. The lowest BCUT2D eigenvalue weighted by molar-refractivity contribution is 0.178. The predicted octanol–water partition coefficient (Wildman–Crippen LogP) is 2.92. The van der Waals surface area contributed by atoms with Crippen LogP contribution >= 0.6 is 0 Å². The molecule has 0 saturated heterocycles. The summed E-state index contributed by atoms with van der Waals surface area (Å²) < 4.78 is 5.22. The molecule has 0 aromatic carbocycles. The van der Waals surface area contributed by atoms with E-state index in [0.29, 0.717) is 6.61 Å². The first-order chi connectivity index (χ1) is 7.81. The van der Waals surface area contributed by atoms with Crippen molar-refractivity contribution in [3.05, 3.63) is 35.7 Å². The molecular formula is C13H16N2O. The van der Waals surface area contributed by atoms with Crippen LogP contribution in [-0.2, 0) is 4.74 Å². The molecule has 0 aliphatic heterocycles. The van der Waals surface area contributed by atoms with Gasteiger partial charge in [-0.15, -0.1) is 0 Å². The average Bonchev–Trinajstić information content (AvgIpc) is 2.66. The minimum Gasteiger partial charge on any atom is -0.378 e. The van der Waals surface area contributed by atoms with Gasteiger partial charge in [0, 0.05) is 18.2 Å². The van der Waals surface area contributed by atoms with Gasteiger partial charge in [0.15, 0.2) is 0 Å². The molecule has 2 aromatic rings. The molecule has 84 valence electrons. The number of ether oxygens (including phenoxy) is 1. The highest BCUT2D eigenvalue weighted by Gasteiger charge is 2.00. The monoisotopic (exact) mass is 216 g/mol. The Morgan fingerprint density at radius 1 is 1.44 bits per heavy atom. The second-order valence-corrected chi connectivity index (χ2v) is 3.67. The van der Waals surface area contributed by atoms with Crippen LogP contribution in [0.3, 0.4) is 0 Å². The second kappa shape index (κ2) is 4.94. The van der Waals surface area contributed by atoms with E-state index in [4.69, 9.17) is 4.74 Å². The summed E-state index contributed by atoms with van der Waals surface area (Å²) in [6.45, 7) is 5.44. The molecule has 0 unspecified atom stereocenters. The highest BCUT2D eigenvalue weighted by atomic mass is 16.5. The van der Waals surface area contributed by atoms with Gasteiger partial charge in [0.1, 0.15) is 5.65 Å². The average molecular weight is 216 g/mol. The molecule has 0 fully saturated rings. The van der Waals surface area contributed by atoms with E-state index in [1.54, 1.807) is 0 Å². The molecule has 0 aliphatic carbocycles. The number of nitrogens with zero attached hydrogens (tertiary/aromatic N) is 1. The topological polar surface area (TPSA) is 37.9 Å².